The monoisotopic (exact) mass is 347 g/mol. The molecule has 1 unspecified atom stereocenters. The standard InChI is InChI=1S/C19H25NO5/c1-24-16-9-13-6-7-20(18(21)8-12-4-3-5-12)15(11-19(22)23)14(13)10-17(16)25-2/h9-10,12,15H,3-8,11H2,1-2H3,(H,22,23). The fourth-order valence-corrected chi connectivity index (χ4v) is 3.77. The number of benzene rings is 1. The van der Waals surface area contributed by atoms with Gasteiger partial charge in [-0.1, -0.05) is 6.42 Å². The zero-order chi connectivity index (χ0) is 18.0. The van der Waals surface area contributed by atoms with Gasteiger partial charge in [-0.3, -0.25) is 9.59 Å². The van der Waals surface area contributed by atoms with Gasteiger partial charge >= 0.3 is 5.97 Å². The number of amides is 1. The average Bonchev–Trinajstić information content (AvgIpc) is 2.56. The van der Waals surface area contributed by atoms with Gasteiger partial charge in [-0.2, -0.15) is 0 Å². The predicted molar refractivity (Wildman–Crippen MR) is 91.9 cm³/mol. The number of rotatable bonds is 6. The lowest BCUT2D eigenvalue weighted by Gasteiger charge is -2.38. The van der Waals surface area contributed by atoms with Crippen LogP contribution in [0.2, 0.25) is 0 Å². The molecule has 1 amide bonds. The van der Waals surface area contributed by atoms with E-state index in [4.69, 9.17) is 9.47 Å². The van der Waals surface area contributed by atoms with Gasteiger partial charge in [-0.15, -0.1) is 0 Å². The van der Waals surface area contributed by atoms with Crippen molar-refractivity contribution in [3.63, 3.8) is 0 Å². The van der Waals surface area contributed by atoms with E-state index in [0.717, 1.165) is 24.0 Å². The Bertz CT molecular complexity index is 668. The molecule has 6 heteroatoms. The lowest BCUT2D eigenvalue weighted by atomic mass is 9.82. The van der Waals surface area contributed by atoms with Crippen LogP contribution in [0.15, 0.2) is 12.1 Å². The molecule has 0 radical (unpaired) electrons. The molecule has 1 N–H and O–H groups in total. The number of carboxylic acids is 1. The Hall–Kier alpha value is -2.24. The highest BCUT2D eigenvalue weighted by molar-refractivity contribution is 5.79. The van der Waals surface area contributed by atoms with Crippen molar-refractivity contribution in [3.8, 4) is 11.5 Å². The fraction of sp³-hybridized carbons (Fsp3) is 0.579. The Morgan fingerprint density at radius 3 is 2.40 bits per heavy atom. The molecule has 1 heterocycles. The van der Waals surface area contributed by atoms with Crippen LogP contribution in [0.5, 0.6) is 11.5 Å². The molecule has 1 aromatic rings. The molecule has 136 valence electrons. The highest BCUT2D eigenvalue weighted by Gasteiger charge is 2.35. The first kappa shape index (κ1) is 17.6. The van der Waals surface area contributed by atoms with Gasteiger partial charge in [-0.05, 0) is 48.4 Å². The Labute approximate surface area is 147 Å². The highest BCUT2D eigenvalue weighted by atomic mass is 16.5. The molecule has 1 atom stereocenters. The number of hydrogen-bond acceptors (Lipinski definition) is 4. The Morgan fingerprint density at radius 1 is 1.16 bits per heavy atom. The van der Waals surface area contributed by atoms with E-state index in [-0.39, 0.29) is 12.3 Å². The number of aliphatic carboxylic acids is 1. The number of nitrogens with zero attached hydrogens (tertiary/aromatic N) is 1. The van der Waals surface area contributed by atoms with Crippen molar-refractivity contribution in [1.82, 2.24) is 4.90 Å². The van der Waals surface area contributed by atoms with Crippen molar-refractivity contribution in [2.24, 2.45) is 5.92 Å². The maximum atomic E-state index is 12.8. The molecular weight excluding hydrogens is 322 g/mol. The molecule has 2 aliphatic rings. The molecule has 0 aromatic heterocycles. The first-order valence-electron chi connectivity index (χ1n) is 8.79. The van der Waals surface area contributed by atoms with Gasteiger partial charge in [0, 0.05) is 13.0 Å². The summed E-state index contributed by atoms with van der Waals surface area (Å²) in [5.41, 5.74) is 1.88. The lowest BCUT2D eigenvalue weighted by Crippen LogP contribution is -2.42. The maximum Gasteiger partial charge on any atom is 0.305 e. The van der Waals surface area contributed by atoms with E-state index >= 15 is 0 Å². The van der Waals surface area contributed by atoms with Gasteiger partial charge in [0.1, 0.15) is 0 Å². The summed E-state index contributed by atoms with van der Waals surface area (Å²) in [6.45, 7) is 0.548. The van der Waals surface area contributed by atoms with Crippen LogP contribution in [-0.2, 0) is 16.0 Å². The van der Waals surface area contributed by atoms with Crippen LogP contribution >= 0.6 is 0 Å². The molecule has 0 bridgehead atoms. The quantitative estimate of drug-likeness (QED) is 0.856. The molecule has 0 saturated heterocycles. The van der Waals surface area contributed by atoms with E-state index in [2.05, 4.69) is 0 Å². The SMILES string of the molecule is COc1cc2c(cc1OC)C(CC(=O)O)N(C(=O)CC1CCC1)CC2. The van der Waals surface area contributed by atoms with Crippen LogP contribution in [0.25, 0.3) is 0 Å². The number of fused-ring (bicyclic) bond motifs is 1. The van der Waals surface area contributed by atoms with Crippen LogP contribution in [0.4, 0.5) is 0 Å². The summed E-state index contributed by atoms with van der Waals surface area (Å²) < 4.78 is 10.7. The Morgan fingerprint density at radius 2 is 1.84 bits per heavy atom. The largest absolute Gasteiger partial charge is 0.493 e. The second kappa shape index (κ2) is 7.33. The molecule has 3 rings (SSSR count). The van der Waals surface area contributed by atoms with Crippen LogP contribution in [0.3, 0.4) is 0 Å². The maximum absolute atomic E-state index is 12.8. The van der Waals surface area contributed by atoms with Gasteiger partial charge < -0.3 is 19.5 Å². The topological polar surface area (TPSA) is 76.1 Å². The summed E-state index contributed by atoms with van der Waals surface area (Å²) in [4.78, 5) is 25.9. The summed E-state index contributed by atoms with van der Waals surface area (Å²) in [6, 6.07) is 3.27. The predicted octanol–water partition coefficient (Wildman–Crippen LogP) is 2.79. The molecule has 1 fully saturated rings. The van der Waals surface area contributed by atoms with Crippen molar-refractivity contribution in [2.45, 2.75) is 44.6 Å². The van der Waals surface area contributed by atoms with Gasteiger partial charge in [0.2, 0.25) is 5.91 Å². The van der Waals surface area contributed by atoms with E-state index < -0.39 is 12.0 Å². The number of ether oxygens (including phenoxy) is 2. The van der Waals surface area contributed by atoms with Gasteiger partial charge in [0.05, 0.1) is 26.7 Å². The lowest BCUT2D eigenvalue weighted by molar-refractivity contribution is -0.142. The van der Waals surface area contributed by atoms with E-state index in [0.29, 0.717) is 36.8 Å². The normalized spacial score (nSPS) is 19.8. The minimum absolute atomic E-state index is 0.0661. The second-order valence-corrected chi connectivity index (χ2v) is 6.86. The number of hydrogen-bond donors (Lipinski definition) is 1. The van der Waals surface area contributed by atoms with Crippen LogP contribution < -0.4 is 9.47 Å². The first-order chi connectivity index (χ1) is 12.0. The minimum atomic E-state index is -0.908. The van der Waals surface area contributed by atoms with Crippen LogP contribution in [0.1, 0.15) is 49.3 Å². The molecule has 1 aliphatic heterocycles. The Balaban J connectivity index is 1.91. The van der Waals surface area contributed by atoms with Crippen molar-refractivity contribution in [2.75, 3.05) is 20.8 Å². The van der Waals surface area contributed by atoms with Crippen LogP contribution in [-0.4, -0.2) is 42.6 Å². The van der Waals surface area contributed by atoms with E-state index in [1.54, 1.807) is 19.1 Å². The van der Waals surface area contributed by atoms with E-state index in [1.165, 1.54) is 6.42 Å². The van der Waals surface area contributed by atoms with Crippen molar-refractivity contribution >= 4 is 11.9 Å². The zero-order valence-corrected chi connectivity index (χ0v) is 14.8. The van der Waals surface area contributed by atoms with E-state index in [9.17, 15) is 14.7 Å². The third kappa shape index (κ3) is 3.57. The summed E-state index contributed by atoms with van der Waals surface area (Å²) in [5, 5.41) is 9.36. The summed E-state index contributed by atoms with van der Waals surface area (Å²) in [5.74, 6) is 0.810. The minimum Gasteiger partial charge on any atom is -0.493 e. The fourth-order valence-electron chi connectivity index (χ4n) is 3.77. The number of methoxy groups -OCH3 is 2. The molecular formula is C19H25NO5. The smallest absolute Gasteiger partial charge is 0.305 e. The summed E-state index contributed by atoms with van der Waals surface area (Å²) in [6.07, 6.45) is 4.52. The molecule has 25 heavy (non-hydrogen) atoms. The summed E-state index contributed by atoms with van der Waals surface area (Å²) >= 11 is 0. The van der Waals surface area contributed by atoms with Gasteiger partial charge in [-0.25, -0.2) is 0 Å². The van der Waals surface area contributed by atoms with Gasteiger partial charge in [0.25, 0.3) is 0 Å². The van der Waals surface area contributed by atoms with Crippen molar-refractivity contribution in [3.05, 3.63) is 23.3 Å². The number of carboxylic acid groups (broad SMARTS) is 1. The van der Waals surface area contributed by atoms with Gasteiger partial charge in [0.15, 0.2) is 11.5 Å². The number of carbonyl (C=O) groups is 2. The molecule has 6 nitrogen and oxygen atoms in total. The molecule has 1 aliphatic carbocycles. The summed E-state index contributed by atoms with van der Waals surface area (Å²) in [7, 11) is 3.13. The zero-order valence-electron chi connectivity index (χ0n) is 14.8. The second-order valence-electron chi connectivity index (χ2n) is 6.86. The average molecular weight is 347 g/mol. The molecule has 0 spiro atoms. The highest BCUT2D eigenvalue weighted by Crippen LogP contribution is 2.40. The third-order valence-electron chi connectivity index (χ3n) is 5.38. The van der Waals surface area contributed by atoms with Crippen molar-refractivity contribution in [1.29, 1.82) is 0 Å². The van der Waals surface area contributed by atoms with Crippen LogP contribution in [0, 0.1) is 5.92 Å². The Kier molecular flexibility index (Phi) is 5.16. The van der Waals surface area contributed by atoms with Crippen molar-refractivity contribution < 1.29 is 24.2 Å². The molecule has 1 saturated carbocycles. The number of carbonyl (C=O) groups excluding carboxylic acids is 1. The first-order valence-corrected chi connectivity index (χ1v) is 8.79. The molecule has 1 aromatic carbocycles. The third-order valence-corrected chi connectivity index (χ3v) is 5.38. The van der Waals surface area contributed by atoms with E-state index in [1.807, 2.05) is 12.1 Å².